The van der Waals surface area contributed by atoms with Crippen molar-refractivity contribution in [3.05, 3.63) is 48.0 Å². The van der Waals surface area contributed by atoms with E-state index < -0.39 is 0 Å². The second kappa shape index (κ2) is 5.95. The highest BCUT2D eigenvalue weighted by Crippen LogP contribution is 2.11. The fourth-order valence-corrected chi connectivity index (χ4v) is 1.57. The van der Waals surface area contributed by atoms with Gasteiger partial charge in [0.05, 0.1) is 7.11 Å². The summed E-state index contributed by atoms with van der Waals surface area (Å²) >= 11 is 0. The van der Waals surface area contributed by atoms with Crippen molar-refractivity contribution in [3.8, 4) is 5.88 Å². The van der Waals surface area contributed by atoms with E-state index >= 15 is 0 Å². The van der Waals surface area contributed by atoms with E-state index in [1.807, 2.05) is 6.07 Å². The number of benzene rings is 1. The molecule has 0 aliphatic carbocycles. The maximum absolute atomic E-state index is 13.4. The van der Waals surface area contributed by atoms with Crippen molar-refractivity contribution in [1.82, 2.24) is 9.97 Å². The van der Waals surface area contributed by atoms with Crippen molar-refractivity contribution in [2.24, 2.45) is 0 Å². The molecule has 0 saturated carbocycles. The highest BCUT2D eigenvalue weighted by Gasteiger charge is 2.01. The van der Waals surface area contributed by atoms with Crippen LogP contribution in [0.25, 0.3) is 0 Å². The van der Waals surface area contributed by atoms with E-state index in [4.69, 9.17) is 4.74 Å². The number of ether oxygens (including phenoxy) is 1. The largest absolute Gasteiger partial charge is 0.481 e. The van der Waals surface area contributed by atoms with Crippen LogP contribution in [0.15, 0.2) is 36.7 Å². The van der Waals surface area contributed by atoms with Crippen molar-refractivity contribution >= 4 is 5.82 Å². The van der Waals surface area contributed by atoms with Gasteiger partial charge in [0, 0.05) is 12.6 Å². The summed E-state index contributed by atoms with van der Waals surface area (Å²) in [5, 5.41) is 3.10. The lowest BCUT2D eigenvalue weighted by atomic mass is 10.1. The number of nitrogens with one attached hydrogen (secondary N) is 1. The lowest BCUT2D eigenvalue weighted by Gasteiger charge is -2.07. The Balaban J connectivity index is 1.90. The zero-order chi connectivity index (χ0) is 12.8. The Morgan fingerprint density at radius 2 is 2.11 bits per heavy atom. The van der Waals surface area contributed by atoms with Gasteiger partial charge >= 0.3 is 0 Å². The molecule has 0 atom stereocenters. The average molecular weight is 247 g/mol. The van der Waals surface area contributed by atoms with Gasteiger partial charge in [-0.25, -0.2) is 14.4 Å². The molecule has 1 heterocycles. The van der Waals surface area contributed by atoms with Gasteiger partial charge in [0.2, 0.25) is 5.88 Å². The molecular formula is C13H14FN3O. The van der Waals surface area contributed by atoms with Gasteiger partial charge in [-0.05, 0) is 18.1 Å². The van der Waals surface area contributed by atoms with Crippen molar-refractivity contribution in [2.75, 3.05) is 19.0 Å². The maximum Gasteiger partial charge on any atom is 0.218 e. The third-order valence-corrected chi connectivity index (χ3v) is 2.51. The van der Waals surface area contributed by atoms with E-state index in [1.54, 1.807) is 25.3 Å². The molecule has 4 nitrogen and oxygen atoms in total. The molecule has 0 spiro atoms. The smallest absolute Gasteiger partial charge is 0.218 e. The minimum Gasteiger partial charge on any atom is -0.481 e. The van der Waals surface area contributed by atoms with Crippen LogP contribution in [0.4, 0.5) is 10.2 Å². The van der Waals surface area contributed by atoms with Gasteiger partial charge in [0.1, 0.15) is 18.0 Å². The molecule has 2 rings (SSSR count). The zero-order valence-electron chi connectivity index (χ0n) is 10.1. The summed E-state index contributed by atoms with van der Waals surface area (Å²) in [4.78, 5) is 7.95. The summed E-state index contributed by atoms with van der Waals surface area (Å²) < 4.78 is 18.3. The molecule has 0 radical (unpaired) electrons. The number of aromatic nitrogens is 2. The predicted octanol–water partition coefficient (Wildman–Crippen LogP) is 2.28. The third kappa shape index (κ3) is 3.16. The van der Waals surface area contributed by atoms with Crippen LogP contribution < -0.4 is 10.1 Å². The summed E-state index contributed by atoms with van der Waals surface area (Å²) in [7, 11) is 1.55. The molecule has 1 aromatic heterocycles. The Morgan fingerprint density at radius 3 is 2.89 bits per heavy atom. The first kappa shape index (κ1) is 12.3. The molecule has 0 fully saturated rings. The molecule has 0 unspecified atom stereocenters. The van der Waals surface area contributed by atoms with Gasteiger partial charge in [0.25, 0.3) is 0 Å². The van der Waals surface area contributed by atoms with Gasteiger partial charge < -0.3 is 10.1 Å². The number of rotatable bonds is 5. The molecule has 2 aromatic rings. The molecule has 5 heteroatoms. The normalized spacial score (nSPS) is 10.1. The van der Waals surface area contributed by atoms with E-state index in [0.717, 1.165) is 0 Å². The molecule has 1 N–H and O–H groups in total. The van der Waals surface area contributed by atoms with Gasteiger partial charge in [-0.1, -0.05) is 18.2 Å². The van der Waals surface area contributed by atoms with Crippen LogP contribution >= 0.6 is 0 Å². The Bertz CT molecular complexity index is 519. The van der Waals surface area contributed by atoms with Crippen LogP contribution in [0.1, 0.15) is 5.56 Å². The van der Waals surface area contributed by atoms with E-state index in [0.29, 0.717) is 30.2 Å². The van der Waals surface area contributed by atoms with E-state index in [-0.39, 0.29) is 5.82 Å². The summed E-state index contributed by atoms with van der Waals surface area (Å²) in [6.07, 6.45) is 2.02. The maximum atomic E-state index is 13.4. The zero-order valence-corrected chi connectivity index (χ0v) is 10.1. The first-order chi connectivity index (χ1) is 8.79. The Kier molecular flexibility index (Phi) is 4.06. The standard InChI is InChI=1S/C13H14FN3O/c1-18-13-8-12(16-9-17-13)15-7-6-10-4-2-3-5-11(10)14/h2-5,8-9H,6-7H2,1H3,(H,15,16,17). The van der Waals surface area contributed by atoms with Gasteiger partial charge in [-0.3, -0.25) is 0 Å². The quantitative estimate of drug-likeness (QED) is 0.880. The molecule has 18 heavy (non-hydrogen) atoms. The van der Waals surface area contributed by atoms with Crippen LogP contribution in [0.5, 0.6) is 5.88 Å². The highest BCUT2D eigenvalue weighted by atomic mass is 19.1. The number of anilines is 1. The molecular weight excluding hydrogens is 233 g/mol. The highest BCUT2D eigenvalue weighted by molar-refractivity contribution is 5.37. The molecule has 1 aromatic carbocycles. The van der Waals surface area contributed by atoms with Gasteiger partial charge in [-0.15, -0.1) is 0 Å². The summed E-state index contributed by atoms with van der Waals surface area (Å²) in [5.41, 5.74) is 0.686. The molecule has 0 bridgehead atoms. The van der Waals surface area contributed by atoms with Crippen molar-refractivity contribution in [2.45, 2.75) is 6.42 Å². The van der Waals surface area contributed by atoms with Gasteiger partial charge in [0.15, 0.2) is 0 Å². The van der Waals surface area contributed by atoms with E-state index in [1.165, 1.54) is 12.4 Å². The SMILES string of the molecule is COc1cc(NCCc2ccccc2F)ncn1. The predicted molar refractivity (Wildman–Crippen MR) is 67.2 cm³/mol. The summed E-state index contributed by atoms with van der Waals surface area (Å²) in [6.45, 7) is 0.598. The Morgan fingerprint density at radius 1 is 1.28 bits per heavy atom. The monoisotopic (exact) mass is 247 g/mol. The Hall–Kier alpha value is -2.17. The number of hydrogen-bond acceptors (Lipinski definition) is 4. The van der Waals surface area contributed by atoms with Crippen molar-refractivity contribution in [1.29, 1.82) is 0 Å². The van der Waals surface area contributed by atoms with Crippen LogP contribution in [0.3, 0.4) is 0 Å². The molecule has 0 aliphatic rings. The first-order valence-corrected chi connectivity index (χ1v) is 5.63. The number of methoxy groups -OCH3 is 1. The lowest BCUT2D eigenvalue weighted by Crippen LogP contribution is -2.07. The topological polar surface area (TPSA) is 47.0 Å². The minimum absolute atomic E-state index is 0.181. The van der Waals surface area contributed by atoms with E-state index in [9.17, 15) is 4.39 Å². The van der Waals surface area contributed by atoms with Crippen molar-refractivity contribution < 1.29 is 9.13 Å². The van der Waals surface area contributed by atoms with Crippen LogP contribution in [0, 0.1) is 5.82 Å². The molecule has 0 amide bonds. The third-order valence-electron chi connectivity index (χ3n) is 2.51. The lowest BCUT2D eigenvalue weighted by molar-refractivity contribution is 0.397. The molecule has 94 valence electrons. The average Bonchev–Trinajstić information content (AvgIpc) is 2.41. The summed E-state index contributed by atoms with van der Waals surface area (Å²) in [6, 6.07) is 8.44. The fourth-order valence-electron chi connectivity index (χ4n) is 1.57. The summed E-state index contributed by atoms with van der Waals surface area (Å²) in [5.74, 6) is 0.983. The van der Waals surface area contributed by atoms with Crippen LogP contribution in [-0.2, 0) is 6.42 Å². The van der Waals surface area contributed by atoms with Crippen LogP contribution in [0.2, 0.25) is 0 Å². The van der Waals surface area contributed by atoms with Crippen LogP contribution in [-0.4, -0.2) is 23.6 Å². The number of halogens is 1. The fraction of sp³-hybridized carbons (Fsp3) is 0.231. The van der Waals surface area contributed by atoms with Gasteiger partial charge in [-0.2, -0.15) is 0 Å². The molecule has 0 saturated heterocycles. The second-order valence-corrected chi connectivity index (χ2v) is 3.71. The number of hydrogen-bond donors (Lipinski definition) is 1. The van der Waals surface area contributed by atoms with E-state index in [2.05, 4.69) is 15.3 Å². The Labute approximate surface area is 105 Å². The number of nitrogens with zero attached hydrogens (tertiary/aromatic N) is 2. The first-order valence-electron chi connectivity index (χ1n) is 5.63. The second-order valence-electron chi connectivity index (χ2n) is 3.71. The van der Waals surface area contributed by atoms with Crippen molar-refractivity contribution in [3.63, 3.8) is 0 Å². The molecule has 0 aliphatic heterocycles. The minimum atomic E-state index is -0.181.